The van der Waals surface area contributed by atoms with Crippen molar-refractivity contribution in [3.63, 3.8) is 0 Å². The first kappa shape index (κ1) is 23.3. The monoisotopic (exact) mass is 532 g/mol. The van der Waals surface area contributed by atoms with Crippen LogP contribution in [0.5, 0.6) is 11.5 Å². The van der Waals surface area contributed by atoms with Gasteiger partial charge in [-0.2, -0.15) is 5.26 Å². The zero-order chi connectivity index (χ0) is 30.8. The molecule has 2 amide bonds. The molecular weight excluding hydrogens is 501 g/mol. The highest BCUT2D eigenvalue weighted by molar-refractivity contribution is 6.12. The highest BCUT2D eigenvalue weighted by Crippen LogP contribution is 2.41. The number of furan rings is 1. The van der Waals surface area contributed by atoms with Crippen LogP contribution in [0, 0.1) is 17.1 Å². The van der Waals surface area contributed by atoms with E-state index in [-0.39, 0.29) is 29.2 Å². The van der Waals surface area contributed by atoms with Crippen molar-refractivity contribution < 1.29 is 32.0 Å². The quantitative estimate of drug-likeness (QED) is 0.301. The zero-order valence-corrected chi connectivity index (χ0v) is 21.8. The highest BCUT2D eigenvalue weighted by atomic mass is 19.1. The number of carbonyl (C=O) groups is 2. The van der Waals surface area contributed by atoms with Crippen LogP contribution in [-0.4, -0.2) is 38.0 Å². The van der Waals surface area contributed by atoms with Crippen LogP contribution in [0.15, 0.2) is 59.0 Å². The van der Waals surface area contributed by atoms with Crippen LogP contribution < -0.4 is 20.1 Å². The SMILES string of the molecule is [2H]C([2H])([2H])Oc1ccc(-c2cc3c(C(=O)NC)c(-c4ccc(F)cc4)oc3cc2OCC)cc1C(=O)NC(C)(C)C#N. The van der Waals surface area contributed by atoms with E-state index in [2.05, 4.69) is 10.6 Å². The first-order valence-electron chi connectivity index (χ1n) is 13.6. The molecule has 4 aromatic rings. The van der Waals surface area contributed by atoms with Gasteiger partial charge in [0.2, 0.25) is 0 Å². The number of ether oxygens (including phenoxy) is 2. The van der Waals surface area contributed by atoms with Gasteiger partial charge in [0.25, 0.3) is 11.8 Å². The molecule has 9 heteroatoms. The number of fused-ring (bicyclic) bond motifs is 1. The molecule has 0 radical (unpaired) electrons. The molecule has 2 N–H and O–H groups in total. The average molecular weight is 533 g/mol. The van der Waals surface area contributed by atoms with Crippen LogP contribution in [-0.2, 0) is 0 Å². The third-order valence-corrected chi connectivity index (χ3v) is 6.00. The van der Waals surface area contributed by atoms with E-state index in [1.54, 1.807) is 25.1 Å². The second kappa shape index (κ2) is 10.9. The van der Waals surface area contributed by atoms with Gasteiger partial charge in [-0.15, -0.1) is 0 Å². The van der Waals surface area contributed by atoms with Crippen molar-refractivity contribution in [2.75, 3.05) is 20.7 Å². The first-order chi connectivity index (χ1) is 19.8. The van der Waals surface area contributed by atoms with Gasteiger partial charge < -0.3 is 24.5 Å². The fourth-order valence-electron chi connectivity index (χ4n) is 4.12. The van der Waals surface area contributed by atoms with E-state index in [9.17, 15) is 19.2 Å². The summed E-state index contributed by atoms with van der Waals surface area (Å²) in [6.45, 7) is 5.05. The van der Waals surface area contributed by atoms with Crippen LogP contribution in [0.3, 0.4) is 0 Å². The molecular formula is C30H28FN3O5. The molecule has 0 bridgehead atoms. The molecule has 0 atom stereocenters. The van der Waals surface area contributed by atoms with Gasteiger partial charge in [-0.3, -0.25) is 9.59 Å². The van der Waals surface area contributed by atoms with Gasteiger partial charge in [-0.25, -0.2) is 4.39 Å². The van der Waals surface area contributed by atoms with Gasteiger partial charge in [-0.1, -0.05) is 6.07 Å². The van der Waals surface area contributed by atoms with E-state index in [4.69, 9.17) is 18.0 Å². The van der Waals surface area contributed by atoms with Crippen molar-refractivity contribution >= 4 is 22.8 Å². The minimum Gasteiger partial charge on any atom is -0.496 e. The number of rotatable bonds is 8. The Morgan fingerprint density at radius 2 is 1.79 bits per heavy atom. The molecule has 0 saturated heterocycles. The second-order valence-electron chi connectivity index (χ2n) is 9.17. The number of amides is 2. The molecule has 0 unspecified atom stereocenters. The van der Waals surface area contributed by atoms with Crippen molar-refractivity contribution in [1.82, 2.24) is 10.6 Å². The molecule has 0 aliphatic heterocycles. The Balaban J connectivity index is 1.96. The lowest BCUT2D eigenvalue weighted by Gasteiger charge is -2.19. The number of carbonyl (C=O) groups excluding carboxylic acids is 2. The lowest BCUT2D eigenvalue weighted by Crippen LogP contribution is -2.42. The third kappa shape index (κ3) is 5.41. The highest BCUT2D eigenvalue weighted by Gasteiger charge is 2.26. The largest absolute Gasteiger partial charge is 0.496 e. The number of nitriles is 1. The van der Waals surface area contributed by atoms with Crippen molar-refractivity contribution in [2.45, 2.75) is 26.3 Å². The molecule has 200 valence electrons. The normalized spacial score (nSPS) is 12.6. The predicted molar refractivity (Wildman–Crippen MR) is 145 cm³/mol. The third-order valence-electron chi connectivity index (χ3n) is 6.00. The van der Waals surface area contributed by atoms with E-state index in [1.165, 1.54) is 57.3 Å². The van der Waals surface area contributed by atoms with E-state index in [0.29, 0.717) is 33.4 Å². The Morgan fingerprint density at radius 3 is 2.44 bits per heavy atom. The van der Waals surface area contributed by atoms with E-state index in [0.717, 1.165) is 0 Å². The Labute approximate surface area is 229 Å². The van der Waals surface area contributed by atoms with Crippen LogP contribution >= 0.6 is 0 Å². The fourth-order valence-corrected chi connectivity index (χ4v) is 4.12. The van der Waals surface area contributed by atoms with Crippen LogP contribution in [0.4, 0.5) is 4.39 Å². The molecule has 0 aliphatic rings. The summed E-state index contributed by atoms with van der Waals surface area (Å²) in [7, 11) is -1.37. The molecule has 4 rings (SSSR count). The zero-order valence-electron chi connectivity index (χ0n) is 24.8. The van der Waals surface area contributed by atoms with Gasteiger partial charge in [-0.05, 0) is 68.8 Å². The summed E-state index contributed by atoms with van der Waals surface area (Å²) in [4.78, 5) is 26.3. The number of nitrogens with zero attached hydrogens (tertiary/aromatic N) is 1. The summed E-state index contributed by atoms with van der Waals surface area (Å²) in [5.74, 6) is -1.23. The summed E-state index contributed by atoms with van der Waals surface area (Å²) in [6, 6.07) is 15.1. The average Bonchev–Trinajstić information content (AvgIpc) is 3.30. The van der Waals surface area contributed by atoms with E-state index in [1.807, 2.05) is 6.07 Å². The van der Waals surface area contributed by atoms with Gasteiger partial charge >= 0.3 is 0 Å². The molecule has 0 fully saturated rings. The fraction of sp³-hybridized carbons (Fsp3) is 0.233. The van der Waals surface area contributed by atoms with Gasteiger partial charge in [0.05, 0.1) is 35.0 Å². The van der Waals surface area contributed by atoms with Crippen LogP contribution in [0.1, 0.15) is 45.6 Å². The van der Waals surface area contributed by atoms with Crippen molar-refractivity contribution in [1.29, 1.82) is 5.26 Å². The van der Waals surface area contributed by atoms with Crippen molar-refractivity contribution in [3.8, 4) is 40.0 Å². The Bertz CT molecular complexity index is 1710. The molecule has 3 aromatic carbocycles. The summed E-state index contributed by atoms with van der Waals surface area (Å²) in [5.41, 5.74) is 0.544. The Morgan fingerprint density at radius 1 is 1.08 bits per heavy atom. The molecule has 1 aromatic heterocycles. The van der Waals surface area contributed by atoms with Gasteiger partial charge in [0.1, 0.15) is 34.2 Å². The van der Waals surface area contributed by atoms with Crippen molar-refractivity contribution in [2.24, 2.45) is 0 Å². The maximum atomic E-state index is 13.6. The number of methoxy groups -OCH3 is 1. The smallest absolute Gasteiger partial charge is 0.256 e. The van der Waals surface area contributed by atoms with Gasteiger partial charge in [0.15, 0.2) is 0 Å². The number of hydrogen-bond acceptors (Lipinski definition) is 6. The first-order valence-corrected chi connectivity index (χ1v) is 12.1. The molecule has 0 aliphatic carbocycles. The van der Waals surface area contributed by atoms with Crippen LogP contribution in [0.25, 0.3) is 33.4 Å². The van der Waals surface area contributed by atoms with E-state index >= 15 is 0 Å². The van der Waals surface area contributed by atoms with Crippen molar-refractivity contribution in [3.05, 3.63) is 71.5 Å². The molecule has 39 heavy (non-hydrogen) atoms. The van der Waals surface area contributed by atoms with Gasteiger partial charge in [0, 0.05) is 29.6 Å². The lowest BCUT2D eigenvalue weighted by molar-refractivity contribution is 0.0924. The summed E-state index contributed by atoms with van der Waals surface area (Å²) < 4.78 is 53.3. The number of benzene rings is 3. The Hall–Kier alpha value is -4.84. The topological polar surface area (TPSA) is 114 Å². The molecule has 8 nitrogen and oxygen atoms in total. The summed E-state index contributed by atoms with van der Waals surface area (Å²) in [6.07, 6.45) is 0. The molecule has 1 heterocycles. The Kier molecular flexibility index (Phi) is 6.49. The molecule has 0 saturated carbocycles. The molecule has 0 spiro atoms. The summed E-state index contributed by atoms with van der Waals surface area (Å²) in [5, 5.41) is 15.0. The maximum Gasteiger partial charge on any atom is 0.256 e. The standard InChI is InChI=1S/C30H28FN3O5/c1-6-38-24-15-25-21(26(29(36)33-4)27(39-25)17-7-10-19(31)11-8-17)14-20(24)18-9-12-23(37-5)22(13-18)28(35)34-30(2,3)16-32/h7-15H,6H2,1-5H3,(H,33,36)(H,34,35)/i5D3. The van der Waals surface area contributed by atoms with E-state index < -0.39 is 30.2 Å². The number of halogens is 1. The lowest BCUT2D eigenvalue weighted by atomic mass is 9.97. The summed E-state index contributed by atoms with van der Waals surface area (Å²) >= 11 is 0. The van der Waals surface area contributed by atoms with Crippen LogP contribution in [0.2, 0.25) is 0 Å². The minimum absolute atomic E-state index is 0.125. The number of nitrogens with one attached hydrogen (secondary N) is 2. The number of hydrogen-bond donors (Lipinski definition) is 2. The predicted octanol–water partition coefficient (Wildman–Crippen LogP) is 5.70. The minimum atomic E-state index is -2.84. The maximum absolute atomic E-state index is 13.6. The second-order valence-corrected chi connectivity index (χ2v) is 9.17.